The number of anilines is 1. The van der Waals surface area contributed by atoms with Crippen LogP contribution >= 0.6 is 23.6 Å². The second-order valence-electron chi connectivity index (χ2n) is 22.4. The lowest BCUT2D eigenvalue weighted by Crippen LogP contribution is -2.63. The summed E-state index contributed by atoms with van der Waals surface area (Å²) in [5.41, 5.74) is 3.34. The van der Waals surface area contributed by atoms with Gasteiger partial charge < -0.3 is 45.3 Å². The predicted octanol–water partition coefficient (Wildman–Crippen LogP) is 7.96. The average molecular weight is 1150 g/mol. The highest BCUT2D eigenvalue weighted by atomic mass is 32.1. The molecule has 5 N–H and O–H groups in total. The van der Waals surface area contributed by atoms with Crippen molar-refractivity contribution in [3.63, 3.8) is 0 Å². The number of nitrogens with zero attached hydrogens (tertiary/aromatic N) is 7. The van der Waals surface area contributed by atoms with Gasteiger partial charge in [-0.05, 0) is 67.2 Å². The van der Waals surface area contributed by atoms with E-state index in [1.165, 1.54) is 23.2 Å². The molecule has 6 aromatic rings. The van der Waals surface area contributed by atoms with Crippen LogP contribution in [0.15, 0.2) is 60.2 Å². The number of hydrogen-bond donors (Lipinski definition) is 5. The Kier molecular flexibility index (Phi) is 16.6. The number of fused-ring (bicyclic) bond motifs is 4. The fourth-order valence-electron chi connectivity index (χ4n) is 11.4. The number of benzene rings is 2. The lowest BCUT2D eigenvalue weighted by atomic mass is 9.85. The van der Waals surface area contributed by atoms with Crippen LogP contribution in [0.2, 0.25) is 0 Å². The maximum atomic E-state index is 17.0. The summed E-state index contributed by atoms with van der Waals surface area (Å²) in [7, 11) is 0. The first-order valence-corrected chi connectivity index (χ1v) is 28.2. The molecule has 2 aromatic carbocycles. The number of alkyl halides is 3. The summed E-state index contributed by atoms with van der Waals surface area (Å²) in [5, 5.41) is 20.8. The molecule has 4 fully saturated rings. The molecule has 4 aliphatic rings. The zero-order chi connectivity index (χ0) is 56.8. The van der Waals surface area contributed by atoms with E-state index in [0.29, 0.717) is 30.7 Å². The van der Waals surface area contributed by atoms with Crippen LogP contribution in [0.25, 0.3) is 43.5 Å². The third kappa shape index (κ3) is 12.2. The largest absolute Gasteiger partial charge is 0.462 e. The van der Waals surface area contributed by atoms with Crippen molar-refractivity contribution in [2.45, 2.75) is 115 Å². The number of H-pyrrole nitrogens is 1. The van der Waals surface area contributed by atoms with Crippen molar-refractivity contribution >= 4 is 68.8 Å². The highest BCUT2D eigenvalue weighted by Crippen LogP contribution is 2.41. The van der Waals surface area contributed by atoms with Gasteiger partial charge in [0, 0.05) is 75.8 Å². The molecule has 4 aromatic heterocycles. The lowest BCUT2D eigenvalue weighted by molar-refractivity contribution is -0.234. The number of aromatic nitrogens is 5. The monoisotopic (exact) mass is 1150 g/mol. The zero-order valence-corrected chi connectivity index (χ0v) is 46.5. The molecule has 17 nitrogen and oxygen atoms in total. The first kappa shape index (κ1) is 56.9. The molecular weight excluding hydrogens is 1080 g/mol. The van der Waals surface area contributed by atoms with Crippen molar-refractivity contribution in [2.75, 3.05) is 57.4 Å². The van der Waals surface area contributed by atoms with Gasteiger partial charge in [0.05, 0.1) is 57.9 Å². The van der Waals surface area contributed by atoms with E-state index in [4.69, 9.17) is 21.7 Å². The van der Waals surface area contributed by atoms with Gasteiger partial charge in [-0.2, -0.15) is 23.1 Å². The van der Waals surface area contributed by atoms with Gasteiger partial charge in [-0.25, -0.2) is 13.8 Å². The quantitative estimate of drug-likeness (QED) is 0.0315. The Morgan fingerprint density at radius 1 is 0.975 bits per heavy atom. The molecule has 8 heterocycles. The van der Waals surface area contributed by atoms with Crippen LogP contribution in [-0.4, -0.2) is 153 Å². The third-order valence-electron chi connectivity index (χ3n) is 15.7. The molecule has 2 unspecified atom stereocenters. The second kappa shape index (κ2) is 23.3. The normalized spacial score (nSPS) is 22.1. The number of ether oxygens (including phenoxy) is 2. The van der Waals surface area contributed by atoms with Crippen molar-refractivity contribution < 1.29 is 50.9 Å². The molecule has 0 saturated carbocycles. The molecule has 3 amide bonds. The van der Waals surface area contributed by atoms with Crippen LogP contribution < -0.4 is 25.6 Å². The smallest absolute Gasteiger partial charge is 0.394 e. The van der Waals surface area contributed by atoms with Crippen LogP contribution in [0.3, 0.4) is 0 Å². The van der Waals surface area contributed by atoms with Gasteiger partial charge in [0.15, 0.2) is 5.82 Å². The number of aliphatic hydroxyl groups is 1. The molecule has 4 aliphatic heterocycles. The number of likely N-dealkylation sites (tertiary alicyclic amines) is 2. The minimum atomic E-state index is -4.55. The number of hydrogen-bond acceptors (Lipinski definition) is 15. The number of piperazine rings is 1. The van der Waals surface area contributed by atoms with Crippen molar-refractivity contribution in [1.82, 2.24) is 50.7 Å². The van der Waals surface area contributed by atoms with E-state index in [2.05, 4.69) is 40.9 Å². The maximum Gasteiger partial charge on any atom is 0.394 e. The average Bonchev–Trinajstić information content (AvgIpc) is 4.17. The summed E-state index contributed by atoms with van der Waals surface area (Å²) in [6, 6.07) is 10.1. The van der Waals surface area contributed by atoms with Crippen LogP contribution in [0.5, 0.6) is 6.01 Å². The Bertz CT molecular complexity index is 3330. The Hall–Kier alpha value is -6.31. The van der Waals surface area contributed by atoms with Gasteiger partial charge in [0.2, 0.25) is 17.7 Å². The van der Waals surface area contributed by atoms with Gasteiger partial charge in [0.1, 0.15) is 46.2 Å². The molecule has 426 valence electrons. The maximum absolute atomic E-state index is 17.0. The number of carbonyl (C=O) groups excluding carboxylic acids is 3. The van der Waals surface area contributed by atoms with E-state index in [-0.39, 0.29) is 96.1 Å². The number of aromatic amines is 1. The number of aryl methyl sites for hydroxylation is 1. The lowest BCUT2D eigenvalue weighted by Gasteiger charge is -2.48. The van der Waals surface area contributed by atoms with Crippen LogP contribution in [0.4, 0.5) is 27.8 Å². The summed E-state index contributed by atoms with van der Waals surface area (Å²) < 4.78 is 87.6. The summed E-state index contributed by atoms with van der Waals surface area (Å²) >= 11 is 6.95. The van der Waals surface area contributed by atoms with Crippen molar-refractivity contribution in [3.05, 3.63) is 87.8 Å². The van der Waals surface area contributed by atoms with Crippen LogP contribution in [-0.2, 0) is 19.1 Å². The Balaban J connectivity index is 0.749. The minimum absolute atomic E-state index is 0.00340. The van der Waals surface area contributed by atoms with Crippen LogP contribution in [0.1, 0.15) is 77.1 Å². The molecule has 80 heavy (non-hydrogen) atoms. The highest BCUT2D eigenvalue weighted by molar-refractivity contribution is 7.71. The number of amides is 3. The summed E-state index contributed by atoms with van der Waals surface area (Å²) in [4.78, 5) is 68.1. The van der Waals surface area contributed by atoms with Crippen molar-refractivity contribution in [3.8, 4) is 27.8 Å². The third-order valence-corrected chi connectivity index (χ3v) is 16.9. The molecule has 4 saturated heterocycles. The highest BCUT2D eigenvalue weighted by Gasteiger charge is 2.54. The van der Waals surface area contributed by atoms with Gasteiger partial charge >= 0.3 is 12.2 Å². The standard InChI is InChI=1S/C56H64F5N11O6S2/c1-29(31-10-12-32(13-11-31)49-30(2)63-28-80-49)64-52(75)40-21-36(73)25-72(40)53(76)50(55(3,4)5)66-42(74)16-19-77-18-7-17-70-26-38(56(59,60)61)41(70)27-78-54-68-46-37(51(69-54)71-23-34-14-15-35(24-71)65-34)22-62-48(45(46)58)47-44-33(20-43(79)67-47)8-6-9-39(44)57/h6,8-13,20,22,28-29,34-36,38,40-41,50,65,73H,7,14-19,21,23-27H2,1-5H3,(H,64,75)(H,66,74)(H,67,79)/t29-,34?,35?,36+,38+,40-,41+,50+/m0/s1. The molecule has 0 radical (unpaired) electrons. The minimum Gasteiger partial charge on any atom is -0.462 e. The van der Waals surface area contributed by atoms with Gasteiger partial charge in [-0.15, -0.1) is 11.3 Å². The molecule has 10 rings (SSSR count). The number of aliphatic hydroxyl groups excluding tert-OH is 1. The summed E-state index contributed by atoms with van der Waals surface area (Å²) in [6.07, 6.45) is -2.03. The van der Waals surface area contributed by atoms with E-state index in [9.17, 15) is 32.7 Å². The number of halogens is 5. The summed E-state index contributed by atoms with van der Waals surface area (Å²) in [6.45, 7) is 9.61. The topological polar surface area (TPSA) is 203 Å². The Morgan fingerprint density at radius 2 is 1.73 bits per heavy atom. The van der Waals surface area contributed by atoms with Gasteiger partial charge in [-0.3, -0.25) is 24.3 Å². The van der Waals surface area contributed by atoms with Crippen molar-refractivity contribution in [1.29, 1.82) is 0 Å². The summed E-state index contributed by atoms with van der Waals surface area (Å²) in [5.74, 6) is -4.39. The zero-order valence-electron chi connectivity index (χ0n) is 44.9. The number of carbonyl (C=O) groups is 3. The number of β-amino-alcohol motifs (C(OH)–C–C–N with tert-alkyl or cyclic N) is 1. The van der Waals surface area contributed by atoms with Gasteiger partial charge in [-0.1, -0.05) is 69.4 Å². The van der Waals surface area contributed by atoms with E-state index >= 15 is 8.78 Å². The molecule has 24 heteroatoms. The van der Waals surface area contributed by atoms with E-state index in [1.807, 2.05) is 43.0 Å². The molecule has 8 atom stereocenters. The first-order valence-electron chi connectivity index (χ1n) is 26.9. The number of thiazole rings is 1. The molecule has 0 aliphatic carbocycles. The first-order chi connectivity index (χ1) is 38.1. The fraction of sp³-hybridized carbons (Fsp3) is 0.500. The van der Waals surface area contributed by atoms with Crippen molar-refractivity contribution in [2.24, 2.45) is 11.3 Å². The number of nitrogens with one attached hydrogen (secondary N) is 4. The molecule has 2 bridgehead atoms. The number of pyridine rings is 2. The Labute approximate surface area is 468 Å². The second-order valence-corrected chi connectivity index (χ2v) is 23.7. The van der Waals surface area contributed by atoms with E-state index in [0.717, 1.165) is 34.5 Å². The van der Waals surface area contributed by atoms with Crippen LogP contribution in [0, 0.1) is 34.5 Å². The SMILES string of the molecule is Cc1ncsc1-c1ccc([C@H](C)NC(=O)[C@@H]2C[C@@H](O)CN2C(=O)[C@@H](NC(=O)CCOCCCN2C[C@@H](C(F)(F)F)[C@H]2COc2nc(N3CC4CCC(C3)N4)c3cnc(-c4[nH]c(=S)cc5cccc(F)c45)c(F)c3n2)C(C)(C)C)cc1. The van der Waals surface area contributed by atoms with Gasteiger partial charge in [0.25, 0.3) is 0 Å². The molecular formula is C56H64F5N11O6S2. The predicted molar refractivity (Wildman–Crippen MR) is 294 cm³/mol. The number of rotatable bonds is 18. The fourth-order valence-corrected chi connectivity index (χ4v) is 12.4. The van der Waals surface area contributed by atoms with E-state index in [1.54, 1.807) is 54.7 Å². The molecule has 0 spiro atoms. The van der Waals surface area contributed by atoms with E-state index < -0.39 is 83.7 Å². The Morgan fingerprint density at radius 3 is 2.42 bits per heavy atom.